The van der Waals surface area contributed by atoms with Gasteiger partial charge >= 0.3 is 0 Å². The number of carbonyl (C=O) groups excluding carboxylic acids is 1. The number of aromatic amines is 1. The van der Waals surface area contributed by atoms with Gasteiger partial charge in [0.2, 0.25) is 0 Å². The van der Waals surface area contributed by atoms with Crippen LogP contribution in [-0.4, -0.2) is 21.4 Å². The van der Waals surface area contributed by atoms with E-state index in [4.69, 9.17) is 0 Å². The largest absolute Gasteiger partial charge is 0.367 e. The third kappa shape index (κ3) is 3.33. The molecule has 1 rings (SSSR count). The van der Waals surface area contributed by atoms with Crippen molar-refractivity contribution in [2.75, 3.05) is 4.43 Å². The van der Waals surface area contributed by atoms with Gasteiger partial charge in [-0.3, -0.25) is 9.59 Å². The Balaban J connectivity index is 2.80. The van der Waals surface area contributed by atoms with Gasteiger partial charge in [0, 0.05) is 28.9 Å². The Morgan fingerprint density at radius 2 is 2.25 bits per heavy atom. The summed E-state index contributed by atoms with van der Waals surface area (Å²) in [5.41, 5.74) is -0.0924. The molecule has 16 heavy (non-hydrogen) atoms. The molecule has 5 heteroatoms. The van der Waals surface area contributed by atoms with Crippen LogP contribution < -0.4 is 10.7 Å². The molecule has 1 aromatic heterocycles. The maximum atomic E-state index is 11.8. The summed E-state index contributed by atoms with van der Waals surface area (Å²) in [6.45, 7) is 4.08. The smallest absolute Gasteiger partial charge is 0.256 e. The number of aromatic nitrogens is 1. The second-order valence-corrected chi connectivity index (χ2v) is 4.78. The van der Waals surface area contributed by atoms with Gasteiger partial charge in [0.1, 0.15) is 5.56 Å². The van der Waals surface area contributed by atoms with Crippen molar-refractivity contribution in [2.45, 2.75) is 19.9 Å². The molecule has 0 aliphatic heterocycles. The predicted molar refractivity (Wildman–Crippen MR) is 72.0 cm³/mol. The summed E-state index contributed by atoms with van der Waals surface area (Å²) >= 11 is 2.23. The molecule has 0 fully saturated rings. The van der Waals surface area contributed by atoms with Gasteiger partial charge in [-0.05, 0) is 5.92 Å². The molecule has 4 nitrogen and oxygen atoms in total. The molecule has 0 bridgehead atoms. The summed E-state index contributed by atoms with van der Waals surface area (Å²) in [7, 11) is 0. The van der Waals surface area contributed by atoms with Crippen LogP contribution in [-0.2, 0) is 0 Å². The fourth-order valence-corrected chi connectivity index (χ4v) is 2.46. The minimum atomic E-state index is -0.308. The Morgan fingerprint density at radius 3 is 2.75 bits per heavy atom. The van der Waals surface area contributed by atoms with Crippen molar-refractivity contribution in [3.8, 4) is 0 Å². The maximum absolute atomic E-state index is 11.8. The summed E-state index contributed by atoms with van der Waals surface area (Å²) in [5, 5.41) is 2.86. The molecule has 1 aromatic rings. The van der Waals surface area contributed by atoms with E-state index in [1.807, 2.05) is 13.8 Å². The molecular weight excluding hydrogens is 319 g/mol. The Bertz CT molecular complexity index is 414. The molecule has 0 aliphatic carbocycles. The van der Waals surface area contributed by atoms with E-state index in [1.54, 1.807) is 0 Å². The maximum Gasteiger partial charge on any atom is 0.256 e. The van der Waals surface area contributed by atoms with E-state index in [0.29, 0.717) is 5.92 Å². The summed E-state index contributed by atoms with van der Waals surface area (Å²) in [6.07, 6.45) is 2.94. The van der Waals surface area contributed by atoms with Crippen LogP contribution in [0.5, 0.6) is 0 Å². The van der Waals surface area contributed by atoms with Crippen molar-refractivity contribution < 1.29 is 4.79 Å². The molecule has 1 atom stereocenters. The highest BCUT2D eigenvalue weighted by atomic mass is 127. The van der Waals surface area contributed by atoms with E-state index < -0.39 is 0 Å². The van der Waals surface area contributed by atoms with Crippen LogP contribution in [0.25, 0.3) is 0 Å². The quantitative estimate of drug-likeness (QED) is 0.649. The highest BCUT2D eigenvalue weighted by Crippen LogP contribution is 2.05. The lowest BCUT2D eigenvalue weighted by Crippen LogP contribution is -2.41. The molecule has 0 spiro atoms. The van der Waals surface area contributed by atoms with Crippen molar-refractivity contribution in [1.82, 2.24) is 10.3 Å². The first kappa shape index (κ1) is 13.2. The van der Waals surface area contributed by atoms with Crippen LogP contribution in [0.2, 0.25) is 0 Å². The fourth-order valence-electron chi connectivity index (χ4n) is 1.22. The average Bonchev–Trinajstić information content (AvgIpc) is 2.25. The van der Waals surface area contributed by atoms with Gasteiger partial charge in [-0.25, -0.2) is 0 Å². The van der Waals surface area contributed by atoms with Crippen LogP contribution >= 0.6 is 22.6 Å². The van der Waals surface area contributed by atoms with Gasteiger partial charge in [-0.2, -0.15) is 0 Å². The van der Waals surface area contributed by atoms with Crippen LogP contribution in [0.3, 0.4) is 0 Å². The molecule has 1 heterocycles. The van der Waals surface area contributed by atoms with Gasteiger partial charge in [0.25, 0.3) is 5.91 Å². The second-order valence-electron chi connectivity index (χ2n) is 3.90. The summed E-state index contributed by atoms with van der Waals surface area (Å²) in [4.78, 5) is 26.0. The van der Waals surface area contributed by atoms with Gasteiger partial charge < -0.3 is 10.3 Å². The molecule has 1 unspecified atom stereocenters. The first-order chi connectivity index (χ1) is 7.56. The number of alkyl halides is 1. The van der Waals surface area contributed by atoms with Crippen molar-refractivity contribution in [1.29, 1.82) is 0 Å². The molecule has 0 aromatic carbocycles. The van der Waals surface area contributed by atoms with E-state index in [0.717, 1.165) is 4.43 Å². The number of pyridine rings is 1. The molecule has 1 amide bonds. The second kappa shape index (κ2) is 6.03. The van der Waals surface area contributed by atoms with Gasteiger partial charge in [-0.15, -0.1) is 0 Å². The lowest BCUT2D eigenvalue weighted by Gasteiger charge is -2.19. The minimum absolute atomic E-state index is 0.0905. The third-order valence-corrected chi connectivity index (χ3v) is 3.31. The van der Waals surface area contributed by atoms with Crippen molar-refractivity contribution in [3.63, 3.8) is 0 Å². The fraction of sp³-hybridized carbons (Fsp3) is 0.455. The number of hydrogen-bond acceptors (Lipinski definition) is 2. The SMILES string of the molecule is CC(C)C(CI)NC(=O)c1c[nH]ccc1=O. The molecule has 88 valence electrons. The molecular formula is C11H15IN2O2. The number of nitrogens with one attached hydrogen (secondary N) is 2. The van der Waals surface area contributed by atoms with Crippen molar-refractivity contribution >= 4 is 28.5 Å². The van der Waals surface area contributed by atoms with Crippen molar-refractivity contribution in [2.24, 2.45) is 5.92 Å². The van der Waals surface area contributed by atoms with E-state index in [1.165, 1.54) is 18.5 Å². The van der Waals surface area contributed by atoms with Crippen LogP contribution in [0, 0.1) is 5.92 Å². The lowest BCUT2D eigenvalue weighted by atomic mass is 10.1. The summed E-state index contributed by atoms with van der Waals surface area (Å²) in [5.74, 6) is 0.0425. The standard InChI is InChI=1S/C11H15IN2O2/c1-7(2)9(5-12)14-11(16)8-6-13-4-3-10(8)15/h3-4,6-7,9H,5H2,1-2H3,(H,13,15)(H,14,16). The Labute approximate surface area is 108 Å². The zero-order chi connectivity index (χ0) is 12.1. The van der Waals surface area contributed by atoms with Crippen molar-refractivity contribution in [3.05, 3.63) is 34.2 Å². The topological polar surface area (TPSA) is 62.0 Å². The number of rotatable bonds is 4. The molecule has 0 saturated heterocycles. The first-order valence-corrected chi connectivity index (χ1v) is 6.62. The van der Waals surface area contributed by atoms with Crippen LogP contribution in [0.4, 0.5) is 0 Å². The molecule has 2 N–H and O–H groups in total. The highest BCUT2D eigenvalue weighted by molar-refractivity contribution is 14.1. The van der Waals surface area contributed by atoms with Gasteiger partial charge in [-0.1, -0.05) is 36.4 Å². The third-order valence-electron chi connectivity index (χ3n) is 2.36. The van der Waals surface area contributed by atoms with Gasteiger partial charge in [0.05, 0.1) is 0 Å². The Hall–Kier alpha value is -0.850. The summed E-state index contributed by atoms with van der Waals surface area (Å²) in [6, 6.07) is 1.44. The first-order valence-electron chi connectivity index (χ1n) is 5.10. The van der Waals surface area contributed by atoms with Gasteiger partial charge in [0.15, 0.2) is 5.43 Å². The monoisotopic (exact) mass is 334 g/mol. The number of H-pyrrole nitrogens is 1. The van der Waals surface area contributed by atoms with E-state index >= 15 is 0 Å². The zero-order valence-corrected chi connectivity index (χ0v) is 11.4. The number of carbonyl (C=O) groups is 1. The van der Waals surface area contributed by atoms with Crippen LogP contribution in [0.15, 0.2) is 23.3 Å². The predicted octanol–water partition coefficient (Wildman–Crippen LogP) is 1.56. The zero-order valence-electron chi connectivity index (χ0n) is 9.29. The minimum Gasteiger partial charge on any atom is -0.367 e. The van der Waals surface area contributed by atoms with E-state index in [9.17, 15) is 9.59 Å². The highest BCUT2D eigenvalue weighted by Gasteiger charge is 2.17. The molecule has 0 radical (unpaired) electrons. The molecule has 0 aliphatic rings. The number of halogens is 1. The lowest BCUT2D eigenvalue weighted by molar-refractivity contribution is 0.0930. The Kier molecular flexibility index (Phi) is 4.98. The van der Waals surface area contributed by atoms with Crippen LogP contribution in [0.1, 0.15) is 24.2 Å². The average molecular weight is 334 g/mol. The molecule has 0 saturated carbocycles. The number of amides is 1. The number of hydrogen-bond donors (Lipinski definition) is 2. The van der Waals surface area contributed by atoms with E-state index in [-0.39, 0.29) is 22.9 Å². The Morgan fingerprint density at radius 1 is 1.56 bits per heavy atom. The van der Waals surface area contributed by atoms with E-state index in [2.05, 4.69) is 32.9 Å². The normalized spacial score (nSPS) is 12.5. The summed E-state index contributed by atoms with van der Waals surface area (Å²) < 4.78 is 0.825.